The lowest BCUT2D eigenvalue weighted by Crippen LogP contribution is -2.44. The van der Waals surface area contributed by atoms with Crippen LogP contribution in [0.15, 0.2) is 0 Å². The molecule has 1 aliphatic rings. The second-order valence-electron chi connectivity index (χ2n) is 3.51. The summed E-state index contributed by atoms with van der Waals surface area (Å²) in [6.45, 7) is 6.42. The van der Waals surface area contributed by atoms with Crippen LogP contribution in [0.4, 0.5) is 0 Å². The highest BCUT2D eigenvalue weighted by Crippen LogP contribution is 2.05. The number of ether oxygens (including phenoxy) is 1. The molecule has 0 amide bonds. The Bertz CT molecular complexity index is 130. The van der Waals surface area contributed by atoms with Crippen molar-refractivity contribution in [2.75, 3.05) is 20.2 Å². The highest BCUT2D eigenvalue weighted by atomic mass is 16.5. The zero-order chi connectivity index (χ0) is 8.97. The monoisotopic (exact) mass is 172 g/mol. The van der Waals surface area contributed by atoms with Crippen LogP contribution in [0.5, 0.6) is 0 Å². The SMILES string of the molecule is CCC(C)NC1CNC[C@@H]1OC. The molecule has 3 atom stereocenters. The molecule has 0 radical (unpaired) electrons. The zero-order valence-corrected chi connectivity index (χ0v) is 8.26. The molecule has 0 aliphatic carbocycles. The Balaban J connectivity index is 2.30. The van der Waals surface area contributed by atoms with E-state index in [9.17, 15) is 0 Å². The van der Waals surface area contributed by atoms with Crippen LogP contribution in [0.25, 0.3) is 0 Å². The van der Waals surface area contributed by atoms with Crippen LogP contribution in [0.1, 0.15) is 20.3 Å². The van der Waals surface area contributed by atoms with Crippen LogP contribution >= 0.6 is 0 Å². The lowest BCUT2D eigenvalue weighted by Gasteiger charge is -2.22. The smallest absolute Gasteiger partial charge is 0.0860 e. The summed E-state index contributed by atoms with van der Waals surface area (Å²) in [5, 5.41) is 6.86. The van der Waals surface area contributed by atoms with E-state index in [1.54, 1.807) is 7.11 Å². The summed E-state index contributed by atoms with van der Waals surface area (Å²) in [6.07, 6.45) is 1.52. The van der Waals surface area contributed by atoms with Crippen molar-refractivity contribution in [2.45, 2.75) is 38.5 Å². The lowest BCUT2D eigenvalue weighted by molar-refractivity contribution is 0.0929. The van der Waals surface area contributed by atoms with Crippen molar-refractivity contribution < 1.29 is 4.74 Å². The molecule has 0 spiro atoms. The van der Waals surface area contributed by atoms with Crippen LogP contribution in [0.2, 0.25) is 0 Å². The first-order chi connectivity index (χ1) is 5.77. The van der Waals surface area contributed by atoms with Crippen molar-refractivity contribution in [1.82, 2.24) is 10.6 Å². The molecule has 0 aromatic heterocycles. The van der Waals surface area contributed by atoms with Gasteiger partial charge in [-0.2, -0.15) is 0 Å². The minimum atomic E-state index is 0.346. The first-order valence-corrected chi connectivity index (χ1v) is 4.77. The Kier molecular flexibility index (Phi) is 3.98. The van der Waals surface area contributed by atoms with Crippen molar-refractivity contribution >= 4 is 0 Å². The van der Waals surface area contributed by atoms with Gasteiger partial charge in [-0.05, 0) is 13.3 Å². The summed E-state index contributed by atoms with van der Waals surface area (Å²) in [5.41, 5.74) is 0. The molecular weight excluding hydrogens is 152 g/mol. The van der Waals surface area contributed by atoms with Crippen LogP contribution in [0, 0.1) is 0 Å². The summed E-state index contributed by atoms with van der Waals surface area (Å²) in [4.78, 5) is 0. The van der Waals surface area contributed by atoms with Gasteiger partial charge in [0.2, 0.25) is 0 Å². The normalized spacial score (nSPS) is 32.2. The average molecular weight is 172 g/mol. The van der Waals surface area contributed by atoms with E-state index < -0.39 is 0 Å². The Labute approximate surface area is 74.9 Å². The maximum absolute atomic E-state index is 5.34. The van der Waals surface area contributed by atoms with Gasteiger partial charge in [0.15, 0.2) is 0 Å². The summed E-state index contributed by atoms with van der Waals surface area (Å²) in [5.74, 6) is 0. The molecule has 0 aromatic carbocycles. The van der Waals surface area contributed by atoms with Gasteiger partial charge in [0.05, 0.1) is 6.10 Å². The van der Waals surface area contributed by atoms with Crippen LogP contribution in [-0.4, -0.2) is 38.4 Å². The largest absolute Gasteiger partial charge is 0.378 e. The van der Waals surface area contributed by atoms with Crippen LogP contribution < -0.4 is 10.6 Å². The Morgan fingerprint density at radius 1 is 1.58 bits per heavy atom. The minimum absolute atomic E-state index is 0.346. The van der Waals surface area contributed by atoms with E-state index in [2.05, 4.69) is 24.5 Å². The van der Waals surface area contributed by atoms with Crippen molar-refractivity contribution in [2.24, 2.45) is 0 Å². The first-order valence-electron chi connectivity index (χ1n) is 4.77. The van der Waals surface area contributed by atoms with Gasteiger partial charge < -0.3 is 15.4 Å². The van der Waals surface area contributed by atoms with E-state index in [-0.39, 0.29) is 0 Å². The van der Waals surface area contributed by atoms with E-state index in [4.69, 9.17) is 4.74 Å². The van der Waals surface area contributed by atoms with Gasteiger partial charge in [-0.3, -0.25) is 0 Å². The summed E-state index contributed by atoms with van der Waals surface area (Å²) >= 11 is 0. The molecule has 0 saturated carbocycles. The molecule has 0 bridgehead atoms. The molecule has 1 heterocycles. The highest BCUT2D eigenvalue weighted by molar-refractivity contribution is 4.88. The molecular formula is C9H20N2O. The molecule has 3 nitrogen and oxygen atoms in total. The second-order valence-corrected chi connectivity index (χ2v) is 3.51. The molecule has 1 fully saturated rings. The molecule has 12 heavy (non-hydrogen) atoms. The Morgan fingerprint density at radius 2 is 2.33 bits per heavy atom. The number of nitrogens with one attached hydrogen (secondary N) is 2. The number of hydrogen-bond acceptors (Lipinski definition) is 3. The Morgan fingerprint density at radius 3 is 2.92 bits per heavy atom. The van der Waals surface area contributed by atoms with Crippen molar-refractivity contribution in [3.05, 3.63) is 0 Å². The van der Waals surface area contributed by atoms with E-state index in [0.29, 0.717) is 18.2 Å². The van der Waals surface area contributed by atoms with Gasteiger partial charge in [-0.15, -0.1) is 0 Å². The van der Waals surface area contributed by atoms with Gasteiger partial charge in [0.25, 0.3) is 0 Å². The number of methoxy groups -OCH3 is 1. The third-order valence-electron chi connectivity index (χ3n) is 2.57. The third-order valence-corrected chi connectivity index (χ3v) is 2.57. The standard InChI is InChI=1S/C9H20N2O/c1-4-7(2)11-8-5-10-6-9(8)12-3/h7-11H,4-6H2,1-3H3/t7?,8?,9-/m0/s1. The predicted octanol–water partition coefficient (Wildman–Crippen LogP) is 0.361. The molecule has 2 N–H and O–H groups in total. The second kappa shape index (κ2) is 4.80. The van der Waals surface area contributed by atoms with Crippen LogP contribution in [-0.2, 0) is 4.74 Å². The van der Waals surface area contributed by atoms with Gasteiger partial charge in [0, 0.05) is 32.3 Å². The maximum atomic E-state index is 5.34. The summed E-state index contributed by atoms with van der Waals surface area (Å²) < 4.78 is 5.34. The third kappa shape index (κ3) is 2.44. The Hall–Kier alpha value is -0.120. The molecule has 2 unspecified atom stereocenters. The molecule has 3 heteroatoms. The van der Waals surface area contributed by atoms with Crippen molar-refractivity contribution in [1.29, 1.82) is 0 Å². The van der Waals surface area contributed by atoms with E-state index >= 15 is 0 Å². The average Bonchev–Trinajstić information content (AvgIpc) is 2.51. The fourth-order valence-electron chi connectivity index (χ4n) is 1.55. The van der Waals surface area contributed by atoms with E-state index in [1.807, 2.05) is 0 Å². The summed E-state index contributed by atoms with van der Waals surface area (Å²) in [6, 6.07) is 1.08. The quantitative estimate of drug-likeness (QED) is 0.642. The maximum Gasteiger partial charge on any atom is 0.0860 e. The predicted molar refractivity (Wildman–Crippen MR) is 50.3 cm³/mol. The molecule has 1 aliphatic heterocycles. The first kappa shape index (κ1) is 9.96. The topological polar surface area (TPSA) is 33.3 Å². The van der Waals surface area contributed by atoms with Gasteiger partial charge in [0.1, 0.15) is 0 Å². The van der Waals surface area contributed by atoms with E-state index in [0.717, 1.165) is 13.1 Å². The molecule has 1 rings (SSSR count). The van der Waals surface area contributed by atoms with Gasteiger partial charge in [-0.1, -0.05) is 6.92 Å². The summed E-state index contributed by atoms with van der Waals surface area (Å²) in [7, 11) is 1.78. The van der Waals surface area contributed by atoms with Crippen molar-refractivity contribution in [3.8, 4) is 0 Å². The fraction of sp³-hybridized carbons (Fsp3) is 1.00. The molecule has 1 saturated heterocycles. The number of rotatable bonds is 4. The molecule has 0 aromatic rings. The van der Waals surface area contributed by atoms with Gasteiger partial charge in [-0.25, -0.2) is 0 Å². The van der Waals surface area contributed by atoms with Crippen molar-refractivity contribution in [3.63, 3.8) is 0 Å². The minimum Gasteiger partial charge on any atom is -0.378 e. The zero-order valence-electron chi connectivity index (χ0n) is 8.26. The number of hydrogen-bond donors (Lipinski definition) is 2. The lowest BCUT2D eigenvalue weighted by atomic mass is 10.1. The highest BCUT2D eigenvalue weighted by Gasteiger charge is 2.26. The van der Waals surface area contributed by atoms with Gasteiger partial charge >= 0.3 is 0 Å². The van der Waals surface area contributed by atoms with E-state index in [1.165, 1.54) is 6.42 Å². The van der Waals surface area contributed by atoms with Crippen LogP contribution in [0.3, 0.4) is 0 Å². The molecule has 72 valence electrons. The fourth-order valence-corrected chi connectivity index (χ4v) is 1.55.